The SMILES string of the molecule is CC(C)NN(NC(C)C)C(N)N. The lowest BCUT2D eigenvalue weighted by Gasteiger charge is -2.30. The Morgan fingerprint density at radius 3 is 1.42 bits per heavy atom. The summed E-state index contributed by atoms with van der Waals surface area (Å²) in [5, 5.41) is 1.62. The second-order valence-electron chi connectivity index (χ2n) is 3.43. The summed E-state index contributed by atoms with van der Waals surface area (Å²) in [4.78, 5) is 0. The molecule has 5 heteroatoms. The molecule has 0 saturated heterocycles. The summed E-state index contributed by atoms with van der Waals surface area (Å²) in [6.07, 6.45) is -0.533. The summed E-state index contributed by atoms with van der Waals surface area (Å²) in [7, 11) is 0. The number of nitrogens with zero attached hydrogens (tertiary/aromatic N) is 1. The van der Waals surface area contributed by atoms with Crippen molar-refractivity contribution in [2.45, 2.75) is 46.1 Å². The van der Waals surface area contributed by atoms with Gasteiger partial charge in [-0.2, -0.15) is 0 Å². The zero-order chi connectivity index (χ0) is 9.72. The summed E-state index contributed by atoms with van der Waals surface area (Å²) < 4.78 is 0. The van der Waals surface area contributed by atoms with Gasteiger partial charge in [-0.3, -0.25) is 0 Å². The highest BCUT2D eigenvalue weighted by Gasteiger charge is 2.11. The van der Waals surface area contributed by atoms with Crippen LogP contribution in [0.5, 0.6) is 0 Å². The van der Waals surface area contributed by atoms with Gasteiger partial charge in [-0.1, -0.05) is 0 Å². The van der Waals surface area contributed by atoms with Crippen LogP contribution in [0.4, 0.5) is 0 Å². The molecule has 0 spiro atoms. The predicted molar refractivity (Wildman–Crippen MR) is 50.5 cm³/mol. The molecule has 0 aliphatic rings. The van der Waals surface area contributed by atoms with E-state index in [2.05, 4.69) is 10.9 Å². The van der Waals surface area contributed by atoms with E-state index in [1.807, 2.05) is 27.7 Å². The molecular formula is C7H21N5. The zero-order valence-corrected chi connectivity index (χ0v) is 8.33. The van der Waals surface area contributed by atoms with Crippen LogP contribution in [0, 0.1) is 0 Å². The molecule has 0 fully saturated rings. The van der Waals surface area contributed by atoms with Crippen LogP contribution in [0.25, 0.3) is 0 Å². The third-order valence-corrected chi connectivity index (χ3v) is 1.09. The first-order chi connectivity index (χ1) is 5.43. The summed E-state index contributed by atoms with van der Waals surface area (Å²) in [6.45, 7) is 8.10. The molecule has 0 aromatic heterocycles. The summed E-state index contributed by atoms with van der Waals surface area (Å²) in [5.41, 5.74) is 17.2. The maximum atomic E-state index is 5.51. The molecule has 0 radical (unpaired) electrons. The quantitative estimate of drug-likeness (QED) is 0.329. The summed E-state index contributed by atoms with van der Waals surface area (Å²) in [5.74, 6) is 0. The van der Waals surface area contributed by atoms with Gasteiger partial charge in [0.1, 0.15) is 6.29 Å². The van der Waals surface area contributed by atoms with Crippen LogP contribution in [0.3, 0.4) is 0 Å². The Morgan fingerprint density at radius 1 is 0.917 bits per heavy atom. The molecule has 0 aromatic rings. The average Bonchev–Trinajstić information content (AvgIpc) is 1.83. The molecule has 0 aliphatic carbocycles. The average molecular weight is 175 g/mol. The normalized spacial score (nSPS) is 12.5. The van der Waals surface area contributed by atoms with E-state index < -0.39 is 6.29 Å². The standard InChI is InChI=1S/C7H21N5/c1-5(2)10-12(7(8)9)11-6(3)4/h5-7,10-11H,8-9H2,1-4H3. The van der Waals surface area contributed by atoms with Gasteiger partial charge in [0.15, 0.2) is 0 Å². The van der Waals surface area contributed by atoms with Crippen molar-refractivity contribution in [1.29, 1.82) is 0 Å². The fraction of sp³-hybridized carbons (Fsp3) is 1.00. The first kappa shape index (κ1) is 11.8. The van der Waals surface area contributed by atoms with Crippen LogP contribution in [-0.2, 0) is 0 Å². The van der Waals surface area contributed by atoms with Crippen LogP contribution < -0.4 is 22.3 Å². The van der Waals surface area contributed by atoms with Crippen molar-refractivity contribution in [2.75, 3.05) is 0 Å². The molecule has 6 N–H and O–H groups in total. The van der Waals surface area contributed by atoms with Gasteiger partial charge in [-0.05, 0) is 27.7 Å². The van der Waals surface area contributed by atoms with Crippen molar-refractivity contribution in [3.63, 3.8) is 0 Å². The van der Waals surface area contributed by atoms with Crippen LogP contribution in [0.1, 0.15) is 27.7 Å². The van der Waals surface area contributed by atoms with Crippen LogP contribution in [-0.4, -0.2) is 23.5 Å². The van der Waals surface area contributed by atoms with Gasteiger partial charge < -0.3 is 11.5 Å². The fourth-order valence-electron chi connectivity index (χ4n) is 0.766. The van der Waals surface area contributed by atoms with Crippen LogP contribution in [0.2, 0.25) is 0 Å². The first-order valence-electron chi connectivity index (χ1n) is 4.26. The molecule has 0 saturated carbocycles. The van der Waals surface area contributed by atoms with E-state index in [0.717, 1.165) is 0 Å². The lowest BCUT2D eigenvalue weighted by Crippen LogP contribution is -2.64. The molecule has 0 rings (SSSR count). The van der Waals surface area contributed by atoms with Gasteiger partial charge in [-0.15, -0.1) is 5.12 Å². The van der Waals surface area contributed by atoms with Crippen LogP contribution >= 0.6 is 0 Å². The minimum absolute atomic E-state index is 0.311. The largest absolute Gasteiger partial charge is 0.301 e. The van der Waals surface area contributed by atoms with Gasteiger partial charge in [0.2, 0.25) is 0 Å². The fourth-order valence-corrected chi connectivity index (χ4v) is 0.766. The second kappa shape index (κ2) is 5.45. The highest BCUT2D eigenvalue weighted by Crippen LogP contribution is 1.85. The Labute approximate surface area is 74.4 Å². The van der Waals surface area contributed by atoms with Gasteiger partial charge in [0.25, 0.3) is 0 Å². The number of nitrogens with two attached hydrogens (primary N) is 2. The van der Waals surface area contributed by atoms with E-state index in [9.17, 15) is 0 Å². The monoisotopic (exact) mass is 175 g/mol. The summed E-state index contributed by atoms with van der Waals surface area (Å²) >= 11 is 0. The maximum Gasteiger partial charge on any atom is 0.136 e. The number of hydrazine groups is 2. The Kier molecular flexibility index (Phi) is 5.36. The van der Waals surface area contributed by atoms with Crippen molar-refractivity contribution < 1.29 is 0 Å². The van der Waals surface area contributed by atoms with E-state index in [0.29, 0.717) is 12.1 Å². The predicted octanol–water partition coefficient (Wildman–Crippen LogP) is -0.685. The zero-order valence-electron chi connectivity index (χ0n) is 8.33. The number of hydrogen-bond acceptors (Lipinski definition) is 5. The van der Waals surface area contributed by atoms with Gasteiger partial charge in [0, 0.05) is 12.1 Å². The molecule has 0 unspecified atom stereocenters. The Balaban J connectivity index is 3.87. The highest BCUT2D eigenvalue weighted by molar-refractivity contribution is 4.56. The lowest BCUT2D eigenvalue weighted by atomic mass is 10.4. The summed E-state index contributed by atoms with van der Waals surface area (Å²) in [6, 6.07) is 0.622. The molecule has 0 atom stereocenters. The van der Waals surface area contributed by atoms with Crippen molar-refractivity contribution in [2.24, 2.45) is 11.5 Å². The van der Waals surface area contributed by atoms with Crippen molar-refractivity contribution in [1.82, 2.24) is 16.0 Å². The van der Waals surface area contributed by atoms with E-state index in [4.69, 9.17) is 11.5 Å². The smallest absolute Gasteiger partial charge is 0.136 e. The molecule has 0 heterocycles. The van der Waals surface area contributed by atoms with Crippen molar-refractivity contribution in [3.05, 3.63) is 0 Å². The van der Waals surface area contributed by atoms with Crippen LogP contribution in [0.15, 0.2) is 0 Å². The number of hydrogen-bond donors (Lipinski definition) is 4. The van der Waals surface area contributed by atoms with E-state index in [1.165, 1.54) is 0 Å². The molecule has 0 bridgehead atoms. The second-order valence-corrected chi connectivity index (χ2v) is 3.43. The minimum atomic E-state index is -0.533. The van der Waals surface area contributed by atoms with Gasteiger partial charge in [-0.25, -0.2) is 10.9 Å². The number of nitrogens with one attached hydrogen (secondary N) is 2. The third-order valence-electron chi connectivity index (χ3n) is 1.09. The molecular weight excluding hydrogens is 154 g/mol. The molecule has 74 valence electrons. The highest BCUT2D eigenvalue weighted by atomic mass is 15.8. The molecule has 12 heavy (non-hydrogen) atoms. The molecule has 0 amide bonds. The Bertz CT molecular complexity index is 102. The Morgan fingerprint density at radius 2 is 1.25 bits per heavy atom. The molecule has 5 nitrogen and oxygen atoms in total. The first-order valence-corrected chi connectivity index (χ1v) is 4.26. The van der Waals surface area contributed by atoms with E-state index in [-0.39, 0.29) is 0 Å². The Hall–Kier alpha value is -0.200. The van der Waals surface area contributed by atoms with Gasteiger partial charge >= 0.3 is 0 Å². The topological polar surface area (TPSA) is 79.3 Å². The van der Waals surface area contributed by atoms with E-state index >= 15 is 0 Å². The number of rotatable bonds is 5. The minimum Gasteiger partial charge on any atom is -0.301 e. The van der Waals surface area contributed by atoms with Crippen molar-refractivity contribution >= 4 is 0 Å². The van der Waals surface area contributed by atoms with Gasteiger partial charge in [0.05, 0.1) is 0 Å². The molecule has 0 aromatic carbocycles. The van der Waals surface area contributed by atoms with E-state index in [1.54, 1.807) is 5.12 Å². The third kappa shape index (κ3) is 5.45. The molecule has 0 aliphatic heterocycles. The maximum absolute atomic E-state index is 5.51. The van der Waals surface area contributed by atoms with Crippen molar-refractivity contribution in [3.8, 4) is 0 Å². The lowest BCUT2D eigenvalue weighted by molar-refractivity contribution is 0.0377.